The zero-order chi connectivity index (χ0) is 14.8. The number of amides is 1. The number of benzene rings is 1. The van der Waals surface area contributed by atoms with Gasteiger partial charge < -0.3 is 15.2 Å². The number of hydrogen-bond donors (Lipinski definition) is 2. The molecule has 1 unspecified atom stereocenters. The van der Waals surface area contributed by atoms with Crippen molar-refractivity contribution in [2.75, 3.05) is 13.2 Å². The molecule has 8 heteroatoms. The number of primary amides is 1. The van der Waals surface area contributed by atoms with Crippen LogP contribution in [0, 0.1) is 0 Å². The van der Waals surface area contributed by atoms with Crippen LogP contribution in [0.1, 0.15) is 16.8 Å². The second kappa shape index (κ2) is 5.58. The van der Waals surface area contributed by atoms with Crippen molar-refractivity contribution in [3.63, 3.8) is 0 Å². The third-order valence-corrected chi connectivity index (χ3v) is 2.67. The zero-order valence-electron chi connectivity index (χ0n) is 10.4. The molecule has 1 atom stereocenters. The van der Waals surface area contributed by atoms with Crippen LogP contribution in [0.5, 0.6) is 11.5 Å². The molecule has 3 N–H and O–H groups in total. The number of hydrogen-bond acceptors (Lipinski definition) is 4. The number of nitrogens with two attached hydrogens (primary N) is 1. The highest BCUT2D eigenvalue weighted by Gasteiger charge is 2.28. The fourth-order valence-electron chi connectivity index (χ4n) is 1.70. The van der Waals surface area contributed by atoms with E-state index in [0.717, 1.165) is 0 Å². The summed E-state index contributed by atoms with van der Waals surface area (Å²) in [6, 6.07) is 4.39. The molecule has 1 amide bonds. The molecule has 2 rings (SSSR count). The quantitative estimate of drug-likeness (QED) is 0.879. The first-order valence-corrected chi connectivity index (χ1v) is 5.88. The van der Waals surface area contributed by atoms with Crippen molar-refractivity contribution in [3.05, 3.63) is 23.8 Å². The molecule has 0 fully saturated rings. The number of carbonyl (C=O) groups is 1. The molecule has 1 aliphatic heterocycles. The average molecular weight is 290 g/mol. The Morgan fingerprint density at radius 2 is 2.15 bits per heavy atom. The SMILES string of the molecule is NC(=O)c1ccc2c(c1)OCC(NCCC(F)(F)F)O2. The molecule has 0 aliphatic carbocycles. The molecule has 20 heavy (non-hydrogen) atoms. The minimum absolute atomic E-state index is 0.0487. The van der Waals surface area contributed by atoms with Crippen LogP contribution < -0.4 is 20.5 Å². The number of rotatable bonds is 4. The number of halogens is 3. The highest BCUT2D eigenvalue weighted by Crippen LogP contribution is 2.32. The lowest BCUT2D eigenvalue weighted by Gasteiger charge is -2.27. The number of ether oxygens (including phenoxy) is 2. The Labute approximate surface area is 112 Å². The molecule has 5 nitrogen and oxygen atoms in total. The largest absolute Gasteiger partial charge is 0.484 e. The van der Waals surface area contributed by atoms with Crippen molar-refractivity contribution >= 4 is 5.91 Å². The minimum Gasteiger partial charge on any atom is -0.484 e. The van der Waals surface area contributed by atoms with Crippen molar-refractivity contribution < 1.29 is 27.4 Å². The van der Waals surface area contributed by atoms with Crippen LogP contribution >= 0.6 is 0 Å². The van der Waals surface area contributed by atoms with Gasteiger partial charge >= 0.3 is 6.18 Å². The van der Waals surface area contributed by atoms with E-state index < -0.39 is 24.7 Å². The summed E-state index contributed by atoms with van der Waals surface area (Å²) in [7, 11) is 0. The van der Waals surface area contributed by atoms with E-state index in [0.29, 0.717) is 11.5 Å². The maximum atomic E-state index is 12.0. The van der Waals surface area contributed by atoms with Crippen molar-refractivity contribution in [1.82, 2.24) is 5.32 Å². The van der Waals surface area contributed by atoms with Crippen LogP contribution in [0.15, 0.2) is 18.2 Å². The molecular formula is C12H13F3N2O3. The molecule has 0 saturated carbocycles. The van der Waals surface area contributed by atoms with E-state index in [4.69, 9.17) is 15.2 Å². The number of fused-ring (bicyclic) bond motifs is 1. The highest BCUT2D eigenvalue weighted by atomic mass is 19.4. The van der Waals surface area contributed by atoms with E-state index in [2.05, 4.69) is 5.32 Å². The van der Waals surface area contributed by atoms with Gasteiger partial charge in [-0.25, -0.2) is 0 Å². The van der Waals surface area contributed by atoms with Crippen LogP contribution in [-0.2, 0) is 0 Å². The lowest BCUT2D eigenvalue weighted by Crippen LogP contribution is -2.43. The molecule has 1 heterocycles. The van der Waals surface area contributed by atoms with Crippen molar-refractivity contribution in [1.29, 1.82) is 0 Å². The average Bonchev–Trinajstić information content (AvgIpc) is 2.36. The molecule has 0 bridgehead atoms. The van der Waals surface area contributed by atoms with E-state index in [1.165, 1.54) is 18.2 Å². The van der Waals surface area contributed by atoms with Crippen molar-refractivity contribution in [3.8, 4) is 11.5 Å². The molecule has 110 valence electrons. The number of carbonyl (C=O) groups excluding carboxylic acids is 1. The highest BCUT2D eigenvalue weighted by molar-refractivity contribution is 5.93. The Hall–Kier alpha value is -1.96. The molecule has 0 saturated heterocycles. The van der Waals surface area contributed by atoms with Gasteiger partial charge in [-0.15, -0.1) is 0 Å². The first-order chi connectivity index (χ1) is 9.35. The van der Waals surface area contributed by atoms with Gasteiger partial charge in [-0.1, -0.05) is 0 Å². The predicted molar refractivity (Wildman–Crippen MR) is 63.5 cm³/mol. The Bertz CT molecular complexity index is 505. The van der Waals surface area contributed by atoms with Gasteiger partial charge in [-0.05, 0) is 18.2 Å². The summed E-state index contributed by atoms with van der Waals surface area (Å²) in [5.41, 5.74) is 5.40. The smallest absolute Gasteiger partial charge is 0.390 e. The van der Waals surface area contributed by atoms with Crippen LogP contribution in [-0.4, -0.2) is 31.5 Å². The Morgan fingerprint density at radius 1 is 1.40 bits per heavy atom. The van der Waals surface area contributed by atoms with Crippen LogP contribution in [0.2, 0.25) is 0 Å². The number of nitrogens with one attached hydrogen (secondary N) is 1. The summed E-state index contributed by atoms with van der Waals surface area (Å²) in [5, 5.41) is 2.60. The van der Waals surface area contributed by atoms with Gasteiger partial charge in [0.05, 0.1) is 6.42 Å². The first-order valence-electron chi connectivity index (χ1n) is 5.88. The van der Waals surface area contributed by atoms with Gasteiger partial charge in [0.1, 0.15) is 6.61 Å². The normalized spacial score (nSPS) is 17.9. The third kappa shape index (κ3) is 3.77. The summed E-state index contributed by atoms with van der Waals surface area (Å²) in [6.07, 6.45) is -5.82. The Balaban J connectivity index is 1.93. The second-order valence-electron chi connectivity index (χ2n) is 4.26. The van der Waals surface area contributed by atoms with Crippen LogP contribution in [0.25, 0.3) is 0 Å². The lowest BCUT2D eigenvalue weighted by atomic mass is 10.2. The number of alkyl halides is 3. The fraction of sp³-hybridized carbons (Fsp3) is 0.417. The molecule has 1 aromatic carbocycles. The summed E-state index contributed by atoms with van der Waals surface area (Å²) in [6.45, 7) is -0.209. The van der Waals surface area contributed by atoms with E-state index in [9.17, 15) is 18.0 Å². The van der Waals surface area contributed by atoms with E-state index >= 15 is 0 Å². The minimum atomic E-state index is -4.21. The standard InChI is InChI=1S/C12H13F3N2O3/c13-12(14,15)3-4-17-10-6-19-9-5-7(11(16)18)1-2-8(9)20-10/h1-2,5,10,17H,3-4,6H2,(H2,16,18). The molecule has 0 aromatic heterocycles. The summed E-state index contributed by atoms with van der Waals surface area (Å²) >= 11 is 0. The second-order valence-corrected chi connectivity index (χ2v) is 4.26. The van der Waals surface area contributed by atoms with Gasteiger partial charge in [-0.3, -0.25) is 10.1 Å². The van der Waals surface area contributed by atoms with Gasteiger partial charge in [-0.2, -0.15) is 13.2 Å². The van der Waals surface area contributed by atoms with E-state index in [1.807, 2.05) is 0 Å². The first kappa shape index (κ1) is 14.4. The Morgan fingerprint density at radius 3 is 2.80 bits per heavy atom. The maximum Gasteiger partial charge on any atom is 0.390 e. The monoisotopic (exact) mass is 290 g/mol. The summed E-state index contributed by atoms with van der Waals surface area (Å²) < 4.78 is 46.8. The topological polar surface area (TPSA) is 73.6 Å². The van der Waals surface area contributed by atoms with Crippen molar-refractivity contribution in [2.24, 2.45) is 5.73 Å². The van der Waals surface area contributed by atoms with E-state index in [1.54, 1.807) is 0 Å². The molecule has 0 spiro atoms. The van der Waals surface area contributed by atoms with Crippen molar-refractivity contribution in [2.45, 2.75) is 18.8 Å². The zero-order valence-corrected chi connectivity index (χ0v) is 10.4. The van der Waals surface area contributed by atoms with Gasteiger partial charge in [0.2, 0.25) is 5.91 Å². The van der Waals surface area contributed by atoms with Gasteiger partial charge in [0.25, 0.3) is 0 Å². The van der Waals surface area contributed by atoms with E-state index in [-0.39, 0.29) is 18.7 Å². The van der Waals surface area contributed by atoms with Gasteiger partial charge in [0.15, 0.2) is 17.7 Å². The van der Waals surface area contributed by atoms with Crippen LogP contribution in [0.3, 0.4) is 0 Å². The van der Waals surface area contributed by atoms with Crippen LogP contribution in [0.4, 0.5) is 13.2 Å². The molecule has 0 radical (unpaired) electrons. The molecular weight excluding hydrogens is 277 g/mol. The fourth-order valence-corrected chi connectivity index (χ4v) is 1.70. The lowest BCUT2D eigenvalue weighted by molar-refractivity contribution is -0.134. The maximum absolute atomic E-state index is 12.0. The molecule has 1 aromatic rings. The summed E-state index contributed by atoms with van der Waals surface area (Å²) in [5.74, 6) is 0.0998. The Kier molecular flexibility index (Phi) is 4.03. The third-order valence-electron chi connectivity index (χ3n) is 2.67. The summed E-state index contributed by atoms with van der Waals surface area (Å²) in [4.78, 5) is 11.0. The predicted octanol–water partition coefficient (Wildman–Crippen LogP) is 1.42. The van der Waals surface area contributed by atoms with Gasteiger partial charge in [0, 0.05) is 12.1 Å². The molecule has 1 aliphatic rings.